The molecule has 0 unspecified atom stereocenters. The highest BCUT2D eigenvalue weighted by Crippen LogP contribution is 2.49. The Morgan fingerprint density at radius 3 is 2.50 bits per heavy atom. The molecule has 7 heteroatoms. The number of aliphatic hydroxyl groups is 1. The van der Waals surface area contributed by atoms with Gasteiger partial charge in [0.05, 0.1) is 17.3 Å². The van der Waals surface area contributed by atoms with Crippen LogP contribution < -0.4 is 0 Å². The predicted octanol–water partition coefficient (Wildman–Crippen LogP) is 4.98. The molecule has 1 amide bonds. The van der Waals surface area contributed by atoms with Crippen molar-refractivity contribution < 1.29 is 23.1 Å². The van der Waals surface area contributed by atoms with Crippen molar-refractivity contribution in [1.29, 1.82) is 0 Å². The van der Waals surface area contributed by atoms with E-state index in [1.165, 1.54) is 18.2 Å². The largest absolute Gasteiger partial charge is 0.393 e. The van der Waals surface area contributed by atoms with Crippen molar-refractivity contribution in [1.82, 2.24) is 9.88 Å². The highest BCUT2D eigenvalue weighted by molar-refractivity contribution is 5.92. The standard InChI is InChI=1S/C25H25F3N2O2/c1-13-12-30(7-6-21(13)31)25(32)16-8-15(9-16)22-19-10-18(27)11-20(28)24(19)29-23(22)14-2-4-17(26)5-3-14/h2-5,10-11,13,15-16,21,29,31H,6-9,12H2,1H3/t13-,15-,16-,21-/m0/s1. The lowest BCUT2D eigenvalue weighted by Crippen LogP contribution is -2.49. The molecule has 1 aliphatic heterocycles. The van der Waals surface area contributed by atoms with E-state index in [0.29, 0.717) is 49.0 Å². The number of carbonyl (C=O) groups excluding carboxylic acids is 1. The summed E-state index contributed by atoms with van der Waals surface area (Å²) in [6.45, 7) is 3.04. The van der Waals surface area contributed by atoms with Crippen LogP contribution in [-0.4, -0.2) is 40.1 Å². The molecule has 5 rings (SSSR count). The minimum atomic E-state index is -0.678. The van der Waals surface area contributed by atoms with E-state index in [9.17, 15) is 23.1 Å². The molecule has 2 heterocycles. The van der Waals surface area contributed by atoms with Gasteiger partial charge in [0.1, 0.15) is 17.5 Å². The number of nitrogens with one attached hydrogen (secondary N) is 1. The molecule has 2 fully saturated rings. The lowest BCUT2D eigenvalue weighted by Gasteiger charge is -2.41. The Balaban J connectivity index is 1.45. The summed E-state index contributed by atoms with van der Waals surface area (Å²) in [7, 11) is 0. The summed E-state index contributed by atoms with van der Waals surface area (Å²) in [4.78, 5) is 17.9. The summed E-state index contributed by atoms with van der Waals surface area (Å²) < 4.78 is 42.0. The van der Waals surface area contributed by atoms with Crippen LogP contribution in [-0.2, 0) is 4.79 Å². The van der Waals surface area contributed by atoms with Gasteiger partial charge in [-0.05, 0) is 72.6 Å². The van der Waals surface area contributed by atoms with Crippen LogP contribution in [0.25, 0.3) is 22.2 Å². The summed E-state index contributed by atoms with van der Waals surface area (Å²) in [6, 6.07) is 8.05. The zero-order valence-corrected chi connectivity index (χ0v) is 17.7. The van der Waals surface area contributed by atoms with E-state index in [4.69, 9.17) is 0 Å². The maximum Gasteiger partial charge on any atom is 0.225 e. The fourth-order valence-corrected chi connectivity index (χ4v) is 5.16. The van der Waals surface area contributed by atoms with Gasteiger partial charge in [0.15, 0.2) is 0 Å². The fourth-order valence-electron chi connectivity index (χ4n) is 5.16. The van der Waals surface area contributed by atoms with E-state index in [0.717, 1.165) is 11.6 Å². The number of amides is 1. The van der Waals surface area contributed by atoms with E-state index >= 15 is 0 Å². The summed E-state index contributed by atoms with van der Waals surface area (Å²) >= 11 is 0. The third-order valence-electron chi connectivity index (χ3n) is 7.06. The second-order valence-corrected chi connectivity index (χ2v) is 9.21. The highest BCUT2D eigenvalue weighted by Gasteiger charge is 2.41. The molecule has 0 spiro atoms. The molecule has 2 aromatic carbocycles. The van der Waals surface area contributed by atoms with Crippen LogP contribution in [0, 0.1) is 29.3 Å². The summed E-state index contributed by atoms with van der Waals surface area (Å²) in [5.41, 5.74) is 2.31. The van der Waals surface area contributed by atoms with Crippen molar-refractivity contribution in [2.24, 2.45) is 11.8 Å². The number of halogens is 3. The topological polar surface area (TPSA) is 56.3 Å². The number of carbonyl (C=O) groups is 1. The maximum absolute atomic E-state index is 14.5. The van der Waals surface area contributed by atoms with Crippen LogP contribution in [0.4, 0.5) is 13.2 Å². The van der Waals surface area contributed by atoms with E-state index in [-0.39, 0.29) is 41.1 Å². The van der Waals surface area contributed by atoms with Gasteiger partial charge in [-0.2, -0.15) is 0 Å². The number of aliphatic hydroxyl groups excluding tert-OH is 1. The van der Waals surface area contributed by atoms with Crippen molar-refractivity contribution in [3.05, 3.63) is 59.4 Å². The number of piperidine rings is 1. The molecule has 1 aromatic heterocycles. The van der Waals surface area contributed by atoms with E-state index < -0.39 is 11.6 Å². The Labute approximate surface area is 184 Å². The zero-order valence-electron chi connectivity index (χ0n) is 17.7. The van der Waals surface area contributed by atoms with Crippen molar-refractivity contribution >= 4 is 16.8 Å². The Kier molecular flexibility index (Phi) is 5.24. The van der Waals surface area contributed by atoms with E-state index in [1.807, 2.05) is 11.8 Å². The van der Waals surface area contributed by atoms with Crippen LogP contribution in [0.3, 0.4) is 0 Å². The van der Waals surface area contributed by atoms with Gasteiger partial charge in [-0.1, -0.05) is 6.92 Å². The van der Waals surface area contributed by atoms with Crippen LogP contribution >= 0.6 is 0 Å². The highest BCUT2D eigenvalue weighted by atomic mass is 19.1. The first-order valence-electron chi connectivity index (χ1n) is 11.0. The molecule has 2 atom stereocenters. The van der Waals surface area contributed by atoms with Crippen molar-refractivity contribution in [3.8, 4) is 11.3 Å². The summed E-state index contributed by atoms with van der Waals surface area (Å²) in [6.07, 6.45) is 1.39. The number of fused-ring (bicyclic) bond motifs is 1. The van der Waals surface area contributed by atoms with Crippen LogP contribution in [0.5, 0.6) is 0 Å². The molecule has 1 saturated carbocycles. The average molecular weight is 442 g/mol. The maximum atomic E-state index is 14.5. The van der Waals surface area contributed by atoms with E-state index in [1.54, 1.807) is 12.1 Å². The number of H-pyrrole nitrogens is 1. The van der Waals surface area contributed by atoms with Gasteiger partial charge in [-0.3, -0.25) is 4.79 Å². The Morgan fingerprint density at radius 1 is 1.09 bits per heavy atom. The SMILES string of the molecule is C[C@H]1CN(C(=O)[C@H]2C[C@H](c3c(-c4ccc(F)cc4)[nH]c4c(F)cc(F)cc43)C2)CC[C@@H]1O. The molecule has 3 aromatic rings. The first-order valence-corrected chi connectivity index (χ1v) is 11.0. The Morgan fingerprint density at radius 2 is 1.81 bits per heavy atom. The van der Waals surface area contributed by atoms with Gasteiger partial charge in [-0.25, -0.2) is 13.2 Å². The van der Waals surface area contributed by atoms with E-state index in [2.05, 4.69) is 4.98 Å². The molecular weight excluding hydrogens is 417 g/mol. The lowest BCUT2D eigenvalue weighted by molar-refractivity contribution is -0.142. The minimum absolute atomic E-state index is 0.0354. The molecular formula is C25H25F3N2O2. The van der Waals surface area contributed by atoms with Crippen molar-refractivity contribution in [2.75, 3.05) is 13.1 Å². The molecule has 32 heavy (non-hydrogen) atoms. The molecule has 168 valence electrons. The fraction of sp³-hybridized carbons (Fsp3) is 0.400. The third kappa shape index (κ3) is 3.58. The van der Waals surface area contributed by atoms with Gasteiger partial charge < -0.3 is 15.0 Å². The molecule has 4 nitrogen and oxygen atoms in total. The molecule has 2 N–H and O–H groups in total. The first kappa shape index (κ1) is 21.1. The number of nitrogens with zero attached hydrogens (tertiary/aromatic N) is 1. The second-order valence-electron chi connectivity index (χ2n) is 9.21. The Bertz CT molecular complexity index is 1170. The monoisotopic (exact) mass is 442 g/mol. The normalized spacial score (nSPS) is 25.7. The van der Waals surface area contributed by atoms with Crippen LogP contribution in [0.15, 0.2) is 36.4 Å². The number of benzene rings is 2. The van der Waals surface area contributed by atoms with Crippen LogP contribution in [0.2, 0.25) is 0 Å². The molecule has 2 aliphatic rings. The summed E-state index contributed by atoms with van der Waals surface area (Å²) in [5.74, 6) is -1.76. The first-order chi connectivity index (χ1) is 15.3. The smallest absolute Gasteiger partial charge is 0.225 e. The second kappa shape index (κ2) is 7.96. The quantitative estimate of drug-likeness (QED) is 0.602. The van der Waals surface area contributed by atoms with Gasteiger partial charge in [-0.15, -0.1) is 0 Å². The molecule has 0 bridgehead atoms. The van der Waals surface area contributed by atoms with Crippen molar-refractivity contribution in [2.45, 2.75) is 38.2 Å². The number of aromatic nitrogens is 1. The lowest BCUT2D eigenvalue weighted by atomic mass is 9.69. The number of hydrogen-bond acceptors (Lipinski definition) is 2. The number of likely N-dealkylation sites (tertiary alicyclic amines) is 1. The van der Waals surface area contributed by atoms with Gasteiger partial charge in [0.2, 0.25) is 5.91 Å². The van der Waals surface area contributed by atoms with Crippen molar-refractivity contribution in [3.63, 3.8) is 0 Å². The zero-order chi connectivity index (χ0) is 22.6. The predicted molar refractivity (Wildman–Crippen MR) is 115 cm³/mol. The molecule has 0 radical (unpaired) electrons. The average Bonchev–Trinajstić information content (AvgIpc) is 3.09. The number of aromatic amines is 1. The van der Waals surface area contributed by atoms with Gasteiger partial charge >= 0.3 is 0 Å². The third-order valence-corrected chi connectivity index (χ3v) is 7.06. The summed E-state index contributed by atoms with van der Waals surface area (Å²) in [5, 5.41) is 10.4. The molecule has 1 aliphatic carbocycles. The number of rotatable bonds is 3. The van der Waals surface area contributed by atoms with Gasteiger partial charge in [0, 0.05) is 30.5 Å². The number of hydrogen-bond donors (Lipinski definition) is 2. The van der Waals surface area contributed by atoms with Gasteiger partial charge in [0.25, 0.3) is 0 Å². The van der Waals surface area contributed by atoms with Crippen LogP contribution in [0.1, 0.15) is 37.7 Å². The molecule has 1 saturated heterocycles. The minimum Gasteiger partial charge on any atom is -0.393 e. The Hall–Kier alpha value is -2.80.